The van der Waals surface area contributed by atoms with E-state index in [1.54, 1.807) is 0 Å². The number of hydrogen-bond acceptors (Lipinski definition) is 4. The number of benzene rings is 2. The second-order valence-electron chi connectivity index (χ2n) is 5.81. The first-order chi connectivity index (χ1) is 12.0. The quantitative estimate of drug-likeness (QED) is 0.657. The minimum absolute atomic E-state index is 0. The van der Waals surface area contributed by atoms with Gasteiger partial charge in [-0.15, -0.1) is 12.4 Å². The molecule has 0 radical (unpaired) electrons. The van der Waals surface area contributed by atoms with Gasteiger partial charge in [-0.3, -0.25) is 9.78 Å². The molecule has 0 fully saturated rings. The number of fused-ring (bicyclic) bond motifs is 1. The van der Waals surface area contributed by atoms with E-state index < -0.39 is 0 Å². The highest BCUT2D eigenvalue weighted by molar-refractivity contribution is 5.94. The number of halogens is 1. The summed E-state index contributed by atoms with van der Waals surface area (Å²) in [6.45, 7) is 6.06. The number of amides is 1. The van der Waals surface area contributed by atoms with Crippen molar-refractivity contribution < 1.29 is 9.53 Å². The molecule has 2 N–H and O–H groups in total. The Morgan fingerprint density at radius 1 is 1.08 bits per heavy atom. The first kappa shape index (κ1) is 19.5. The van der Waals surface area contributed by atoms with Gasteiger partial charge < -0.3 is 15.4 Å². The van der Waals surface area contributed by atoms with Crippen LogP contribution < -0.4 is 15.4 Å². The first-order valence-electron chi connectivity index (χ1n) is 8.24. The van der Waals surface area contributed by atoms with Crippen LogP contribution in [0.2, 0.25) is 0 Å². The minimum atomic E-state index is -0.0834. The second kappa shape index (κ2) is 8.54. The van der Waals surface area contributed by atoms with Crippen molar-refractivity contribution in [2.24, 2.45) is 0 Å². The van der Waals surface area contributed by atoms with Gasteiger partial charge in [0.05, 0.1) is 12.1 Å². The molecule has 0 aliphatic heterocycles. The van der Waals surface area contributed by atoms with Gasteiger partial charge in [-0.1, -0.05) is 0 Å². The number of anilines is 3. The van der Waals surface area contributed by atoms with Crippen LogP contribution >= 0.6 is 12.4 Å². The van der Waals surface area contributed by atoms with E-state index in [2.05, 4.69) is 15.6 Å². The van der Waals surface area contributed by atoms with Crippen LogP contribution in [0.4, 0.5) is 17.1 Å². The van der Waals surface area contributed by atoms with Crippen molar-refractivity contribution in [1.29, 1.82) is 0 Å². The molecule has 1 aromatic heterocycles. The number of aryl methyl sites for hydroxylation is 1. The molecule has 0 saturated carbocycles. The molecule has 2 aromatic carbocycles. The maximum Gasteiger partial charge on any atom is 0.221 e. The molecule has 3 aromatic rings. The number of rotatable bonds is 5. The number of hydrogen-bond donors (Lipinski definition) is 2. The van der Waals surface area contributed by atoms with Gasteiger partial charge >= 0.3 is 0 Å². The predicted octanol–water partition coefficient (Wildman–Crippen LogP) is 5.07. The summed E-state index contributed by atoms with van der Waals surface area (Å²) in [5.74, 6) is 0.740. The standard InChI is InChI=1S/C20H21N3O2.ClH/c1-4-25-17-9-10-19-18(12-17)20(11-13(2)21-19)23-16-7-5-15(6-8-16)22-14(3)24;/h5-12H,4H2,1-3H3,(H,21,23)(H,22,24);1H. The van der Waals surface area contributed by atoms with Crippen LogP contribution in [0.3, 0.4) is 0 Å². The number of carbonyl (C=O) groups excluding carboxylic acids is 1. The summed E-state index contributed by atoms with van der Waals surface area (Å²) < 4.78 is 5.61. The van der Waals surface area contributed by atoms with Crippen molar-refractivity contribution in [2.45, 2.75) is 20.8 Å². The van der Waals surface area contributed by atoms with Crippen molar-refractivity contribution in [1.82, 2.24) is 4.98 Å². The zero-order valence-corrected chi connectivity index (χ0v) is 15.8. The number of ether oxygens (including phenoxy) is 1. The van der Waals surface area contributed by atoms with Gasteiger partial charge in [0.2, 0.25) is 5.91 Å². The molecular weight excluding hydrogens is 350 g/mol. The highest BCUT2D eigenvalue weighted by atomic mass is 35.5. The van der Waals surface area contributed by atoms with Gasteiger partial charge in [0.15, 0.2) is 0 Å². The fraction of sp³-hybridized carbons (Fsp3) is 0.200. The number of pyridine rings is 1. The topological polar surface area (TPSA) is 63.2 Å². The molecule has 0 unspecified atom stereocenters. The number of nitrogens with zero attached hydrogens (tertiary/aromatic N) is 1. The lowest BCUT2D eigenvalue weighted by Gasteiger charge is -2.13. The van der Waals surface area contributed by atoms with E-state index in [0.29, 0.717) is 6.61 Å². The summed E-state index contributed by atoms with van der Waals surface area (Å²) in [5, 5.41) is 7.19. The molecule has 0 aliphatic carbocycles. The first-order valence-corrected chi connectivity index (χ1v) is 8.24. The number of carbonyl (C=O) groups is 1. The van der Waals surface area contributed by atoms with Gasteiger partial charge in [-0.2, -0.15) is 0 Å². The highest BCUT2D eigenvalue weighted by Gasteiger charge is 2.07. The third-order valence-corrected chi connectivity index (χ3v) is 3.70. The van der Waals surface area contributed by atoms with Crippen molar-refractivity contribution in [3.05, 3.63) is 54.2 Å². The van der Waals surface area contributed by atoms with Crippen LogP contribution in [0.5, 0.6) is 5.75 Å². The van der Waals surface area contributed by atoms with E-state index >= 15 is 0 Å². The van der Waals surface area contributed by atoms with Gasteiger partial charge in [-0.25, -0.2) is 0 Å². The fourth-order valence-corrected chi connectivity index (χ4v) is 2.69. The van der Waals surface area contributed by atoms with E-state index in [1.807, 2.05) is 62.4 Å². The smallest absolute Gasteiger partial charge is 0.221 e. The van der Waals surface area contributed by atoms with E-state index in [4.69, 9.17) is 4.74 Å². The third kappa shape index (κ3) is 4.64. The Bertz CT molecular complexity index is 911. The summed E-state index contributed by atoms with van der Waals surface area (Å²) in [6.07, 6.45) is 0. The lowest BCUT2D eigenvalue weighted by molar-refractivity contribution is -0.114. The van der Waals surface area contributed by atoms with Gasteiger partial charge in [-0.05, 0) is 62.4 Å². The molecule has 3 rings (SSSR count). The van der Waals surface area contributed by atoms with E-state index in [1.165, 1.54) is 6.92 Å². The van der Waals surface area contributed by atoms with Crippen molar-refractivity contribution in [3.8, 4) is 5.75 Å². The largest absolute Gasteiger partial charge is 0.494 e. The summed E-state index contributed by atoms with van der Waals surface area (Å²) >= 11 is 0. The summed E-state index contributed by atoms with van der Waals surface area (Å²) in [7, 11) is 0. The summed E-state index contributed by atoms with van der Waals surface area (Å²) in [5.41, 5.74) is 4.53. The Morgan fingerprint density at radius 2 is 1.77 bits per heavy atom. The van der Waals surface area contributed by atoms with Gasteiger partial charge in [0.25, 0.3) is 0 Å². The lowest BCUT2D eigenvalue weighted by Crippen LogP contribution is -2.05. The lowest BCUT2D eigenvalue weighted by atomic mass is 10.1. The minimum Gasteiger partial charge on any atom is -0.494 e. The molecule has 0 atom stereocenters. The van der Waals surface area contributed by atoms with E-state index in [-0.39, 0.29) is 18.3 Å². The van der Waals surface area contributed by atoms with Crippen LogP contribution in [0.25, 0.3) is 10.9 Å². The monoisotopic (exact) mass is 371 g/mol. The number of aromatic nitrogens is 1. The van der Waals surface area contributed by atoms with Gasteiger partial charge in [0, 0.05) is 35.1 Å². The van der Waals surface area contributed by atoms with E-state index in [0.717, 1.165) is 39.4 Å². The molecule has 0 aliphatic rings. The number of nitrogens with one attached hydrogen (secondary N) is 2. The molecule has 0 bridgehead atoms. The second-order valence-corrected chi connectivity index (χ2v) is 5.81. The summed E-state index contributed by atoms with van der Waals surface area (Å²) in [4.78, 5) is 15.7. The molecule has 0 spiro atoms. The Labute approximate surface area is 159 Å². The Morgan fingerprint density at radius 3 is 2.42 bits per heavy atom. The molecule has 6 heteroatoms. The van der Waals surface area contributed by atoms with Crippen LogP contribution in [0.1, 0.15) is 19.5 Å². The molecule has 1 amide bonds. The Kier molecular flexibility index (Phi) is 6.41. The molecule has 136 valence electrons. The average Bonchev–Trinajstić information content (AvgIpc) is 2.57. The Balaban J connectivity index is 0.00000243. The molecule has 26 heavy (non-hydrogen) atoms. The van der Waals surface area contributed by atoms with E-state index in [9.17, 15) is 4.79 Å². The van der Waals surface area contributed by atoms with Crippen molar-refractivity contribution in [3.63, 3.8) is 0 Å². The van der Waals surface area contributed by atoms with Crippen LogP contribution in [0.15, 0.2) is 48.5 Å². The normalized spacial score (nSPS) is 10.1. The zero-order chi connectivity index (χ0) is 17.8. The zero-order valence-electron chi connectivity index (χ0n) is 15.0. The van der Waals surface area contributed by atoms with Crippen LogP contribution in [-0.4, -0.2) is 17.5 Å². The van der Waals surface area contributed by atoms with Gasteiger partial charge in [0.1, 0.15) is 5.75 Å². The molecular formula is C20H22ClN3O2. The highest BCUT2D eigenvalue weighted by Crippen LogP contribution is 2.30. The van der Waals surface area contributed by atoms with Crippen LogP contribution in [0, 0.1) is 6.92 Å². The molecule has 5 nitrogen and oxygen atoms in total. The molecule has 0 saturated heterocycles. The van der Waals surface area contributed by atoms with Crippen molar-refractivity contribution in [2.75, 3.05) is 17.2 Å². The Hall–Kier alpha value is -2.79. The summed E-state index contributed by atoms with van der Waals surface area (Å²) in [6, 6.07) is 15.5. The third-order valence-electron chi connectivity index (χ3n) is 3.70. The average molecular weight is 372 g/mol. The van der Waals surface area contributed by atoms with Crippen LogP contribution in [-0.2, 0) is 4.79 Å². The maximum atomic E-state index is 11.1. The fourth-order valence-electron chi connectivity index (χ4n) is 2.69. The maximum absolute atomic E-state index is 11.1. The molecule has 1 heterocycles. The SMILES string of the molecule is CCOc1ccc2nc(C)cc(Nc3ccc(NC(C)=O)cc3)c2c1.Cl. The van der Waals surface area contributed by atoms with Crippen molar-refractivity contribution >= 4 is 46.3 Å². The predicted molar refractivity (Wildman–Crippen MR) is 109 cm³/mol.